The van der Waals surface area contributed by atoms with Crippen LogP contribution in [0.2, 0.25) is 0 Å². The molecule has 140 valence electrons. The highest BCUT2D eigenvalue weighted by Gasteiger charge is 2.50. The molecule has 1 aromatic rings. The van der Waals surface area contributed by atoms with Crippen molar-refractivity contribution in [3.63, 3.8) is 0 Å². The molecule has 6 heteroatoms. The van der Waals surface area contributed by atoms with Crippen LogP contribution in [0, 0.1) is 18.3 Å². The molecule has 0 aliphatic carbocycles. The van der Waals surface area contributed by atoms with E-state index < -0.39 is 11.2 Å². The number of nitriles is 1. The summed E-state index contributed by atoms with van der Waals surface area (Å²) in [6, 6.07) is 7.08. The zero-order valence-corrected chi connectivity index (χ0v) is 15.8. The monoisotopic (exact) mass is 358 g/mol. The zero-order chi connectivity index (χ0) is 19.1. The first-order valence-corrected chi connectivity index (χ1v) is 8.96. The Balaban J connectivity index is 1.90. The van der Waals surface area contributed by atoms with Crippen molar-refractivity contribution in [2.75, 3.05) is 13.2 Å². The van der Waals surface area contributed by atoms with Gasteiger partial charge in [-0.15, -0.1) is 0 Å². The van der Waals surface area contributed by atoms with Crippen LogP contribution in [0.3, 0.4) is 0 Å². The van der Waals surface area contributed by atoms with E-state index in [9.17, 15) is 15.2 Å². The van der Waals surface area contributed by atoms with Crippen LogP contribution < -0.4 is 0 Å². The van der Waals surface area contributed by atoms with E-state index in [-0.39, 0.29) is 18.2 Å². The van der Waals surface area contributed by atoms with Gasteiger partial charge in [0.2, 0.25) is 0 Å². The molecule has 0 radical (unpaired) electrons. The molecule has 0 saturated carbocycles. The van der Waals surface area contributed by atoms with Gasteiger partial charge in [0, 0.05) is 12.8 Å². The van der Waals surface area contributed by atoms with Crippen molar-refractivity contribution in [1.29, 1.82) is 5.26 Å². The van der Waals surface area contributed by atoms with Gasteiger partial charge in [-0.2, -0.15) is 5.26 Å². The number of hydrogen-bond acceptors (Lipinski definition) is 5. The molecule has 1 aromatic carbocycles. The lowest BCUT2D eigenvalue weighted by molar-refractivity contribution is -0.141. The fraction of sp³-hybridized carbons (Fsp3) is 0.600. The van der Waals surface area contributed by atoms with Gasteiger partial charge < -0.3 is 14.6 Å². The van der Waals surface area contributed by atoms with Crippen LogP contribution in [0.1, 0.15) is 50.3 Å². The lowest BCUT2D eigenvalue weighted by atomic mass is 9.75. The molecule has 2 bridgehead atoms. The van der Waals surface area contributed by atoms with Crippen LogP contribution in [0.25, 0.3) is 0 Å². The standard InChI is InChI=1S/C20H26N2O4/c1-13-14(10-21)6-5-7-17(13)20(24)8-15-11-25-12-16(9-20)22(15)18(23)26-19(2,3)4/h5-7,15-16,24H,8-9,11-12H2,1-4H3. The van der Waals surface area contributed by atoms with Crippen LogP contribution in [-0.4, -0.2) is 47.0 Å². The van der Waals surface area contributed by atoms with E-state index in [2.05, 4.69) is 6.07 Å². The molecule has 2 aliphatic rings. The second-order valence-electron chi connectivity index (χ2n) is 8.26. The molecule has 2 atom stereocenters. The molecule has 0 spiro atoms. The number of benzene rings is 1. The average Bonchev–Trinajstić information content (AvgIpc) is 2.52. The minimum Gasteiger partial charge on any atom is -0.444 e. The van der Waals surface area contributed by atoms with Crippen molar-refractivity contribution in [3.05, 3.63) is 34.9 Å². The highest BCUT2D eigenvalue weighted by atomic mass is 16.6. The predicted octanol–water partition coefficient (Wildman–Crippen LogP) is 2.85. The first kappa shape index (κ1) is 18.7. The quantitative estimate of drug-likeness (QED) is 0.835. The number of carbonyl (C=O) groups excluding carboxylic acids is 1. The number of aliphatic hydroxyl groups is 1. The molecule has 1 amide bonds. The molecule has 2 fully saturated rings. The maximum absolute atomic E-state index is 12.7. The van der Waals surface area contributed by atoms with Crippen molar-refractivity contribution in [2.24, 2.45) is 0 Å². The number of piperidine rings is 1. The summed E-state index contributed by atoms with van der Waals surface area (Å²) in [6.45, 7) is 8.12. The topological polar surface area (TPSA) is 82.8 Å². The molecule has 26 heavy (non-hydrogen) atoms. The van der Waals surface area contributed by atoms with E-state index in [1.54, 1.807) is 17.0 Å². The van der Waals surface area contributed by atoms with E-state index >= 15 is 0 Å². The first-order valence-electron chi connectivity index (χ1n) is 8.96. The summed E-state index contributed by atoms with van der Waals surface area (Å²) in [6.07, 6.45) is 0.358. The van der Waals surface area contributed by atoms with Crippen LogP contribution in [0.15, 0.2) is 18.2 Å². The predicted molar refractivity (Wildman–Crippen MR) is 95.5 cm³/mol. The minimum atomic E-state index is -1.09. The fourth-order valence-corrected chi connectivity index (χ4v) is 4.07. The second kappa shape index (κ2) is 6.57. The Kier molecular flexibility index (Phi) is 4.72. The maximum atomic E-state index is 12.7. The molecule has 2 aliphatic heterocycles. The van der Waals surface area contributed by atoms with Gasteiger partial charge in [-0.1, -0.05) is 12.1 Å². The van der Waals surface area contributed by atoms with Crippen molar-refractivity contribution >= 4 is 6.09 Å². The van der Waals surface area contributed by atoms with Crippen LogP contribution >= 0.6 is 0 Å². The highest BCUT2D eigenvalue weighted by molar-refractivity contribution is 5.69. The van der Waals surface area contributed by atoms with Crippen LogP contribution in [-0.2, 0) is 15.1 Å². The number of fused-ring (bicyclic) bond motifs is 2. The largest absolute Gasteiger partial charge is 0.444 e. The third-order valence-electron chi connectivity index (χ3n) is 5.11. The normalized spacial score (nSPS) is 28.4. The smallest absolute Gasteiger partial charge is 0.410 e. The van der Waals surface area contributed by atoms with E-state index in [1.807, 2.05) is 33.8 Å². The van der Waals surface area contributed by atoms with Gasteiger partial charge in [0.25, 0.3) is 0 Å². The van der Waals surface area contributed by atoms with Gasteiger partial charge >= 0.3 is 6.09 Å². The molecular weight excluding hydrogens is 332 g/mol. The summed E-state index contributed by atoms with van der Waals surface area (Å²) in [5.74, 6) is 0. The third kappa shape index (κ3) is 3.42. The SMILES string of the molecule is Cc1c(C#N)cccc1C1(O)CC2COCC(C1)N2C(=O)OC(C)(C)C. The van der Waals surface area contributed by atoms with Crippen molar-refractivity contribution in [1.82, 2.24) is 4.90 Å². The fourth-order valence-electron chi connectivity index (χ4n) is 4.07. The van der Waals surface area contributed by atoms with E-state index in [0.717, 1.165) is 11.1 Å². The number of amides is 1. The third-order valence-corrected chi connectivity index (χ3v) is 5.11. The lowest BCUT2D eigenvalue weighted by Crippen LogP contribution is -2.63. The summed E-state index contributed by atoms with van der Waals surface area (Å²) in [5.41, 5.74) is 0.457. The number of carbonyl (C=O) groups is 1. The molecule has 2 heterocycles. The highest BCUT2D eigenvalue weighted by Crippen LogP contribution is 2.43. The Morgan fingerprint density at radius 1 is 1.35 bits per heavy atom. The van der Waals surface area contributed by atoms with Gasteiger partial charge in [0.1, 0.15) is 5.60 Å². The molecule has 2 saturated heterocycles. The Hall–Kier alpha value is -2.10. The molecule has 0 aromatic heterocycles. The van der Waals surface area contributed by atoms with Crippen molar-refractivity contribution in [2.45, 2.75) is 63.8 Å². The summed E-state index contributed by atoms with van der Waals surface area (Å²) in [5, 5.41) is 20.7. The maximum Gasteiger partial charge on any atom is 0.410 e. The van der Waals surface area contributed by atoms with Gasteiger partial charge in [-0.3, -0.25) is 4.90 Å². The summed E-state index contributed by atoms with van der Waals surface area (Å²) >= 11 is 0. The Bertz CT molecular complexity index is 733. The zero-order valence-electron chi connectivity index (χ0n) is 15.8. The van der Waals surface area contributed by atoms with Gasteiger partial charge in [0.15, 0.2) is 0 Å². The van der Waals surface area contributed by atoms with E-state index in [0.29, 0.717) is 31.6 Å². The van der Waals surface area contributed by atoms with Crippen LogP contribution in [0.4, 0.5) is 4.79 Å². The Labute approximate surface area is 154 Å². The average molecular weight is 358 g/mol. The van der Waals surface area contributed by atoms with Crippen LogP contribution in [0.5, 0.6) is 0 Å². The molecular formula is C20H26N2O4. The molecule has 6 nitrogen and oxygen atoms in total. The van der Waals surface area contributed by atoms with Crippen molar-refractivity contribution < 1.29 is 19.4 Å². The molecule has 1 N–H and O–H groups in total. The minimum absolute atomic E-state index is 0.257. The number of ether oxygens (including phenoxy) is 2. The Morgan fingerprint density at radius 3 is 2.50 bits per heavy atom. The van der Waals surface area contributed by atoms with Crippen molar-refractivity contribution in [3.8, 4) is 6.07 Å². The number of morpholine rings is 1. The van der Waals surface area contributed by atoms with Gasteiger partial charge in [-0.25, -0.2) is 4.79 Å². The summed E-state index contributed by atoms with van der Waals surface area (Å²) in [4.78, 5) is 14.4. The second-order valence-corrected chi connectivity index (χ2v) is 8.26. The number of rotatable bonds is 1. The molecule has 3 rings (SSSR count). The summed E-state index contributed by atoms with van der Waals surface area (Å²) < 4.78 is 11.2. The first-order chi connectivity index (χ1) is 12.1. The Morgan fingerprint density at radius 2 is 1.96 bits per heavy atom. The van der Waals surface area contributed by atoms with E-state index in [1.165, 1.54) is 0 Å². The number of nitrogens with zero attached hydrogens (tertiary/aromatic N) is 2. The lowest BCUT2D eigenvalue weighted by Gasteiger charge is -2.51. The van der Waals surface area contributed by atoms with Gasteiger partial charge in [-0.05, 0) is 44.9 Å². The molecule has 2 unspecified atom stereocenters. The summed E-state index contributed by atoms with van der Waals surface area (Å²) in [7, 11) is 0. The number of hydrogen-bond donors (Lipinski definition) is 1. The van der Waals surface area contributed by atoms with E-state index in [4.69, 9.17) is 9.47 Å². The van der Waals surface area contributed by atoms with Gasteiger partial charge in [0.05, 0.1) is 42.5 Å².